The molecule has 2 unspecified atom stereocenters. The quantitative estimate of drug-likeness (QED) is 0.230. The smallest absolute Gasteiger partial charge is 0.251 e. The molecule has 2 amide bonds. The number of fused-ring (bicyclic) bond motifs is 2. The molecule has 6 N–H and O–H groups in total. The Kier molecular flexibility index (Phi) is 9.53. The van der Waals surface area contributed by atoms with Crippen LogP contribution in [0.5, 0.6) is 0 Å². The zero-order chi connectivity index (χ0) is 33.7. The second-order valence-corrected chi connectivity index (χ2v) is 10.9. The fraction of sp³-hybridized carbons (Fsp3) is 0.108. The normalized spacial score (nSPS) is 12.1. The number of para-hydroxylation sites is 2. The molecule has 6 aromatic rings. The van der Waals surface area contributed by atoms with Gasteiger partial charge in [0.1, 0.15) is 6.04 Å². The van der Waals surface area contributed by atoms with E-state index >= 15 is 0 Å². The monoisotopic (exact) mass is 626 g/mol. The van der Waals surface area contributed by atoms with Crippen molar-refractivity contribution in [1.82, 2.24) is 9.13 Å². The van der Waals surface area contributed by atoms with E-state index in [4.69, 9.17) is 22.2 Å². The topological polar surface area (TPSA) is 169 Å². The number of carbonyl (C=O) groups is 2. The first kappa shape index (κ1) is 32.3. The van der Waals surface area contributed by atoms with Crippen LogP contribution in [-0.4, -0.2) is 26.7 Å². The Balaban J connectivity index is 0.000000216. The van der Waals surface area contributed by atoms with E-state index in [2.05, 4.69) is 0 Å². The van der Waals surface area contributed by atoms with Gasteiger partial charge < -0.3 is 26.3 Å². The molecule has 0 radical (unpaired) electrons. The lowest BCUT2D eigenvalue weighted by Gasteiger charge is -2.17. The summed E-state index contributed by atoms with van der Waals surface area (Å²) in [6.07, 6.45) is 0. The van der Waals surface area contributed by atoms with Gasteiger partial charge >= 0.3 is 0 Å². The number of benzene rings is 4. The number of primary amides is 2. The van der Waals surface area contributed by atoms with Gasteiger partial charge in [0.15, 0.2) is 6.04 Å². The molecule has 0 fully saturated rings. The molecule has 0 spiro atoms. The Bertz CT molecular complexity index is 2200. The van der Waals surface area contributed by atoms with Crippen molar-refractivity contribution in [3.05, 3.63) is 164 Å². The summed E-state index contributed by atoms with van der Waals surface area (Å²) >= 11 is 0. The van der Waals surface area contributed by atoms with Crippen molar-refractivity contribution in [1.29, 1.82) is 0 Å². The first-order chi connectivity index (χ1) is 22.6. The third kappa shape index (κ3) is 6.77. The SMILES string of the molecule is Cn1c(=O)cc(C(N)C(N)=O)c2ccccc21.Cn1c(=O)cc(C(N=C(c2ccccc2)c2ccccc2)C(N)=O)c2ccccc21. The zero-order valence-electron chi connectivity index (χ0n) is 25.9. The highest BCUT2D eigenvalue weighted by atomic mass is 16.2. The van der Waals surface area contributed by atoms with Crippen molar-refractivity contribution in [3.63, 3.8) is 0 Å². The van der Waals surface area contributed by atoms with Crippen molar-refractivity contribution in [3.8, 4) is 0 Å². The Morgan fingerprint density at radius 2 is 1.00 bits per heavy atom. The molecule has 0 saturated carbocycles. The first-order valence-corrected chi connectivity index (χ1v) is 14.8. The highest BCUT2D eigenvalue weighted by Gasteiger charge is 2.23. The number of hydrogen-bond acceptors (Lipinski definition) is 6. The number of nitrogens with zero attached hydrogens (tertiary/aromatic N) is 3. The van der Waals surface area contributed by atoms with E-state index < -0.39 is 23.9 Å². The molecule has 236 valence electrons. The van der Waals surface area contributed by atoms with Crippen LogP contribution in [0.1, 0.15) is 34.3 Å². The summed E-state index contributed by atoms with van der Waals surface area (Å²) in [4.78, 5) is 52.8. The van der Waals surface area contributed by atoms with Gasteiger partial charge in [-0.2, -0.15) is 0 Å². The largest absolute Gasteiger partial charge is 0.368 e. The second-order valence-electron chi connectivity index (χ2n) is 10.9. The van der Waals surface area contributed by atoms with Crippen molar-refractivity contribution >= 4 is 39.3 Å². The van der Waals surface area contributed by atoms with Crippen molar-refractivity contribution in [2.75, 3.05) is 0 Å². The summed E-state index contributed by atoms with van der Waals surface area (Å²) in [5, 5.41) is 1.54. The molecule has 2 atom stereocenters. The summed E-state index contributed by atoms with van der Waals surface area (Å²) in [7, 11) is 3.38. The van der Waals surface area contributed by atoms with Crippen molar-refractivity contribution in [2.24, 2.45) is 36.3 Å². The third-order valence-electron chi connectivity index (χ3n) is 7.93. The molecular formula is C37H34N6O4. The van der Waals surface area contributed by atoms with E-state index in [1.807, 2.05) is 103 Å². The van der Waals surface area contributed by atoms with Gasteiger partial charge in [-0.25, -0.2) is 0 Å². The molecule has 0 aliphatic rings. The molecule has 10 nitrogen and oxygen atoms in total. The number of carbonyl (C=O) groups excluding carboxylic acids is 2. The molecule has 0 bridgehead atoms. The lowest BCUT2D eigenvalue weighted by molar-refractivity contribution is -0.120. The molecule has 2 aromatic heterocycles. The maximum absolute atomic E-state index is 12.6. The van der Waals surface area contributed by atoms with Gasteiger partial charge in [-0.1, -0.05) is 97.1 Å². The standard InChI is InChI=1S/C25H21N3O2.C12H13N3O2/c1-28-21-15-9-8-14-19(21)20(16-22(28)29)24(25(26)30)27-23(17-10-4-2-5-11-17)18-12-6-3-7-13-18;1-15-9-5-3-2-4-7(9)8(6-10(15)16)11(13)12(14)17/h2-16,24H,1H3,(H2,26,30);2-6,11H,13H2,1H3,(H2,14,17). The average molecular weight is 627 g/mol. The number of pyridine rings is 2. The van der Waals surface area contributed by atoms with Gasteiger partial charge in [0.25, 0.3) is 11.1 Å². The molecule has 10 heteroatoms. The number of aliphatic imine (C=N–C) groups is 1. The van der Waals surface area contributed by atoms with Crippen LogP contribution in [0.3, 0.4) is 0 Å². The Labute approximate surface area is 270 Å². The van der Waals surface area contributed by atoms with E-state index in [9.17, 15) is 19.2 Å². The molecular weight excluding hydrogens is 592 g/mol. The number of aromatic nitrogens is 2. The highest BCUT2D eigenvalue weighted by molar-refractivity contribution is 6.13. The van der Waals surface area contributed by atoms with Gasteiger partial charge in [-0.3, -0.25) is 24.2 Å². The van der Waals surface area contributed by atoms with Gasteiger partial charge in [-0.05, 0) is 17.7 Å². The van der Waals surface area contributed by atoms with Gasteiger partial charge in [-0.15, -0.1) is 0 Å². The average Bonchev–Trinajstić information content (AvgIpc) is 3.09. The van der Waals surface area contributed by atoms with Crippen LogP contribution in [-0.2, 0) is 23.7 Å². The molecule has 0 aliphatic carbocycles. The van der Waals surface area contributed by atoms with Crippen LogP contribution in [0.4, 0.5) is 0 Å². The minimum Gasteiger partial charge on any atom is -0.368 e. The number of aryl methyl sites for hydroxylation is 2. The van der Waals surface area contributed by atoms with Crippen LogP contribution >= 0.6 is 0 Å². The Morgan fingerprint density at radius 3 is 1.45 bits per heavy atom. The summed E-state index contributed by atoms with van der Waals surface area (Å²) in [5.41, 5.74) is 21.0. The fourth-order valence-electron chi connectivity index (χ4n) is 5.43. The second kappa shape index (κ2) is 13.9. The van der Waals surface area contributed by atoms with E-state index in [-0.39, 0.29) is 11.1 Å². The molecule has 2 heterocycles. The molecule has 47 heavy (non-hydrogen) atoms. The van der Waals surface area contributed by atoms with Crippen molar-refractivity contribution < 1.29 is 9.59 Å². The molecule has 0 aliphatic heterocycles. The minimum absolute atomic E-state index is 0.213. The summed E-state index contributed by atoms with van der Waals surface area (Å²) in [6, 6.07) is 34.8. The van der Waals surface area contributed by atoms with Gasteiger partial charge in [0, 0.05) is 53.7 Å². The van der Waals surface area contributed by atoms with E-state index in [0.717, 1.165) is 32.9 Å². The fourth-order valence-corrected chi connectivity index (χ4v) is 5.43. The number of rotatable bonds is 7. The van der Waals surface area contributed by atoms with Crippen LogP contribution in [0.25, 0.3) is 21.8 Å². The van der Waals surface area contributed by atoms with Crippen LogP contribution in [0, 0.1) is 0 Å². The number of amides is 2. The number of nitrogens with two attached hydrogens (primary N) is 3. The van der Waals surface area contributed by atoms with Gasteiger partial charge in [0.05, 0.1) is 16.7 Å². The van der Waals surface area contributed by atoms with Crippen LogP contribution in [0.15, 0.2) is 136 Å². The predicted molar refractivity (Wildman–Crippen MR) is 185 cm³/mol. The Morgan fingerprint density at radius 1 is 0.596 bits per heavy atom. The minimum atomic E-state index is -1.00. The predicted octanol–water partition coefficient (Wildman–Crippen LogP) is 3.63. The maximum Gasteiger partial charge on any atom is 0.251 e. The lowest BCUT2D eigenvalue weighted by Crippen LogP contribution is -2.30. The lowest BCUT2D eigenvalue weighted by atomic mass is 9.98. The third-order valence-corrected chi connectivity index (χ3v) is 7.93. The van der Waals surface area contributed by atoms with Crippen molar-refractivity contribution in [2.45, 2.75) is 12.1 Å². The van der Waals surface area contributed by atoms with Crippen LogP contribution < -0.4 is 28.3 Å². The first-order valence-electron chi connectivity index (χ1n) is 14.8. The Hall–Kier alpha value is -6.13. The summed E-state index contributed by atoms with van der Waals surface area (Å²) in [5.74, 6) is -1.26. The molecule has 0 saturated heterocycles. The summed E-state index contributed by atoms with van der Waals surface area (Å²) < 4.78 is 3.06. The number of hydrogen-bond donors (Lipinski definition) is 3. The van der Waals surface area contributed by atoms with E-state index in [1.165, 1.54) is 16.7 Å². The van der Waals surface area contributed by atoms with E-state index in [1.54, 1.807) is 24.7 Å². The summed E-state index contributed by atoms with van der Waals surface area (Å²) in [6.45, 7) is 0. The molecule has 6 rings (SSSR count). The maximum atomic E-state index is 12.6. The zero-order valence-corrected chi connectivity index (χ0v) is 25.9. The molecule has 4 aromatic carbocycles. The highest BCUT2D eigenvalue weighted by Crippen LogP contribution is 2.27. The van der Waals surface area contributed by atoms with Gasteiger partial charge in [0.2, 0.25) is 11.8 Å². The van der Waals surface area contributed by atoms with Crippen LogP contribution in [0.2, 0.25) is 0 Å². The van der Waals surface area contributed by atoms with E-state index in [0.29, 0.717) is 16.8 Å².